The van der Waals surface area contributed by atoms with Gasteiger partial charge in [-0.25, -0.2) is 0 Å². The van der Waals surface area contributed by atoms with Gasteiger partial charge in [0.1, 0.15) is 10.0 Å². The summed E-state index contributed by atoms with van der Waals surface area (Å²) in [4.78, 5) is 0. The average molecular weight is 265 g/mol. The maximum absolute atomic E-state index is 4.42. The zero-order chi connectivity index (χ0) is 12.4. The first kappa shape index (κ1) is 12.5. The SMILES string of the molecule is CC1CCCC1c1nnc(CCCNC2CC2)s1. The van der Waals surface area contributed by atoms with E-state index in [0.717, 1.165) is 24.9 Å². The van der Waals surface area contributed by atoms with Crippen LogP contribution in [0.2, 0.25) is 0 Å². The van der Waals surface area contributed by atoms with Gasteiger partial charge in [-0.05, 0) is 38.1 Å². The Morgan fingerprint density at radius 3 is 2.83 bits per heavy atom. The zero-order valence-electron chi connectivity index (χ0n) is 11.2. The van der Waals surface area contributed by atoms with E-state index in [1.54, 1.807) is 0 Å². The molecule has 2 aliphatic carbocycles. The number of nitrogens with one attached hydrogen (secondary N) is 1. The lowest BCUT2D eigenvalue weighted by Crippen LogP contribution is -2.17. The van der Waals surface area contributed by atoms with Gasteiger partial charge in [0.2, 0.25) is 0 Å². The van der Waals surface area contributed by atoms with Gasteiger partial charge < -0.3 is 5.32 Å². The van der Waals surface area contributed by atoms with Gasteiger partial charge in [0.15, 0.2) is 0 Å². The quantitative estimate of drug-likeness (QED) is 0.803. The molecular formula is C14H23N3S. The van der Waals surface area contributed by atoms with Crippen molar-refractivity contribution in [1.82, 2.24) is 15.5 Å². The molecular weight excluding hydrogens is 242 g/mol. The molecule has 1 aromatic rings. The van der Waals surface area contributed by atoms with E-state index >= 15 is 0 Å². The lowest BCUT2D eigenvalue weighted by molar-refractivity contribution is 0.527. The summed E-state index contributed by atoms with van der Waals surface area (Å²) < 4.78 is 0. The molecule has 2 saturated carbocycles. The Kier molecular flexibility index (Phi) is 3.94. The summed E-state index contributed by atoms with van der Waals surface area (Å²) in [6, 6.07) is 0.828. The molecule has 2 aliphatic rings. The molecule has 0 spiro atoms. The molecule has 0 aromatic carbocycles. The molecule has 4 heteroatoms. The number of aromatic nitrogens is 2. The van der Waals surface area contributed by atoms with Gasteiger partial charge in [0.05, 0.1) is 0 Å². The highest BCUT2D eigenvalue weighted by molar-refractivity contribution is 7.11. The molecule has 1 N–H and O–H groups in total. The maximum Gasteiger partial charge on any atom is 0.120 e. The number of hydrogen-bond acceptors (Lipinski definition) is 4. The van der Waals surface area contributed by atoms with Crippen molar-refractivity contribution in [2.75, 3.05) is 6.54 Å². The van der Waals surface area contributed by atoms with Crippen LogP contribution in [0.1, 0.15) is 61.4 Å². The summed E-state index contributed by atoms with van der Waals surface area (Å²) in [7, 11) is 0. The highest BCUT2D eigenvalue weighted by Gasteiger charge is 2.27. The molecule has 0 aliphatic heterocycles. The minimum atomic E-state index is 0.695. The fourth-order valence-electron chi connectivity index (χ4n) is 2.86. The Morgan fingerprint density at radius 2 is 2.11 bits per heavy atom. The average Bonchev–Trinajstić information content (AvgIpc) is 2.90. The van der Waals surface area contributed by atoms with Crippen molar-refractivity contribution < 1.29 is 0 Å². The van der Waals surface area contributed by atoms with Crippen LogP contribution in [0.3, 0.4) is 0 Å². The molecule has 0 radical (unpaired) electrons. The van der Waals surface area contributed by atoms with E-state index in [-0.39, 0.29) is 0 Å². The zero-order valence-corrected chi connectivity index (χ0v) is 12.0. The summed E-state index contributed by atoms with van der Waals surface area (Å²) in [5.74, 6) is 1.50. The molecule has 0 amide bonds. The second-order valence-electron chi connectivity index (χ2n) is 5.88. The van der Waals surface area contributed by atoms with Crippen molar-refractivity contribution in [3.05, 3.63) is 10.0 Å². The van der Waals surface area contributed by atoms with Gasteiger partial charge in [-0.3, -0.25) is 0 Å². The summed E-state index contributed by atoms with van der Waals surface area (Å²) in [5, 5.41) is 14.9. The lowest BCUT2D eigenvalue weighted by atomic mass is 9.99. The first-order valence-electron chi connectivity index (χ1n) is 7.38. The molecule has 3 rings (SSSR count). The second kappa shape index (κ2) is 5.66. The highest BCUT2D eigenvalue weighted by Crippen LogP contribution is 2.40. The van der Waals surface area contributed by atoms with E-state index < -0.39 is 0 Å². The predicted octanol–water partition coefficient (Wildman–Crippen LogP) is 3.13. The summed E-state index contributed by atoms with van der Waals surface area (Å²) in [6.07, 6.45) is 9.10. The van der Waals surface area contributed by atoms with E-state index in [4.69, 9.17) is 0 Å². The molecule has 2 unspecified atom stereocenters. The first-order valence-corrected chi connectivity index (χ1v) is 8.20. The number of aryl methyl sites for hydroxylation is 1. The standard InChI is InChI=1S/C14H23N3S/c1-10-4-2-5-12(10)14-17-16-13(18-14)6-3-9-15-11-7-8-11/h10-12,15H,2-9H2,1H3. The van der Waals surface area contributed by atoms with Gasteiger partial charge in [0.25, 0.3) is 0 Å². The van der Waals surface area contributed by atoms with Gasteiger partial charge in [-0.1, -0.05) is 19.8 Å². The Morgan fingerprint density at radius 1 is 1.22 bits per heavy atom. The number of rotatable bonds is 6. The molecule has 3 nitrogen and oxygen atoms in total. The summed E-state index contributed by atoms with van der Waals surface area (Å²) in [6.45, 7) is 3.50. The lowest BCUT2D eigenvalue weighted by Gasteiger charge is -2.10. The van der Waals surface area contributed by atoms with Crippen LogP contribution in [0.15, 0.2) is 0 Å². The van der Waals surface area contributed by atoms with Crippen molar-refractivity contribution in [2.45, 2.75) is 63.8 Å². The van der Waals surface area contributed by atoms with Crippen molar-refractivity contribution in [3.63, 3.8) is 0 Å². The van der Waals surface area contributed by atoms with Crippen LogP contribution in [-0.4, -0.2) is 22.8 Å². The number of nitrogens with zero attached hydrogens (tertiary/aromatic N) is 2. The Labute approximate surface area is 113 Å². The molecule has 1 aromatic heterocycles. The van der Waals surface area contributed by atoms with Crippen molar-refractivity contribution in [1.29, 1.82) is 0 Å². The van der Waals surface area contributed by atoms with E-state index in [2.05, 4.69) is 22.4 Å². The Balaban J connectivity index is 1.46. The number of hydrogen-bond donors (Lipinski definition) is 1. The fourth-order valence-corrected chi connectivity index (χ4v) is 4.02. The minimum absolute atomic E-state index is 0.695. The normalized spacial score (nSPS) is 27.8. The first-order chi connectivity index (χ1) is 8.83. The van der Waals surface area contributed by atoms with E-state index in [1.807, 2.05) is 11.3 Å². The van der Waals surface area contributed by atoms with Crippen LogP contribution in [-0.2, 0) is 6.42 Å². The Hall–Kier alpha value is -0.480. The predicted molar refractivity (Wildman–Crippen MR) is 75.0 cm³/mol. The summed E-state index contributed by atoms with van der Waals surface area (Å²) in [5.41, 5.74) is 0. The molecule has 0 bridgehead atoms. The molecule has 18 heavy (non-hydrogen) atoms. The second-order valence-corrected chi connectivity index (χ2v) is 6.97. The van der Waals surface area contributed by atoms with Crippen molar-refractivity contribution in [3.8, 4) is 0 Å². The third kappa shape index (κ3) is 3.09. The largest absolute Gasteiger partial charge is 0.314 e. The van der Waals surface area contributed by atoms with Crippen molar-refractivity contribution >= 4 is 11.3 Å². The molecule has 100 valence electrons. The highest BCUT2D eigenvalue weighted by atomic mass is 32.1. The van der Waals surface area contributed by atoms with Crippen LogP contribution >= 0.6 is 11.3 Å². The van der Waals surface area contributed by atoms with Gasteiger partial charge in [0, 0.05) is 18.4 Å². The molecule has 1 heterocycles. The monoisotopic (exact) mass is 265 g/mol. The van der Waals surface area contributed by atoms with Crippen LogP contribution in [0.5, 0.6) is 0 Å². The van der Waals surface area contributed by atoms with Gasteiger partial charge >= 0.3 is 0 Å². The minimum Gasteiger partial charge on any atom is -0.314 e. The fraction of sp³-hybridized carbons (Fsp3) is 0.857. The maximum atomic E-state index is 4.42. The Bertz CT molecular complexity index is 386. The van der Waals surface area contributed by atoms with Crippen LogP contribution < -0.4 is 5.32 Å². The topological polar surface area (TPSA) is 37.8 Å². The van der Waals surface area contributed by atoms with E-state index in [1.165, 1.54) is 48.5 Å². The van der Waals surface area contributed by atoms with Gasteiger partial charge in [-0.15, -0.1) is 21.5 Å². The van der Waals surface area contributed by atoms with E-state index in [0.29, 0.717) is 5.92 Å². The van der Waals surface area contributed by atoms with Gasteiger partial charge in [-0.2, -0.15) is 0 Å². The smallest absolute Gasteiger partial charge is 0.120 e. The molecule has 0 saturated heterocycles. The van der Waals surface area contributed by atoms with Crippen molar-refractivity contribution in [2.24, 2.45) is 5.92 Å². The summed E-state index contributed by atoms with van der Waals surface area (Å²) >= 11 is 1.86. The van der Waals surface area contributed by atoms with Crippen LogP contribution in [0.4, 0.5) is 0 Å². The third-order valence-electron chi connectivity index (χ3n) is 4.24. The molecule has 2 fully saturated rings. The van der Waals surface area contributed by atoms with E-state index in [9.17, 15) is 0 Å². The van der Waals surface area contributed by atoms with Crippen LogP contribution in [0, 0.1) is 5.92 Å². The third-order valence-corrected chi connectivity index (χ3v) is 5.35. The van der Waals surface area contributed by atoms with Crippen LogP contribution in [0.25, 0.3) is 0 Å². The molecule has 2 atom stereocenters.